The summed E-state index contributed by atoms with van der Waals surface area (Å²) in [5.41, 5.74) is 0.816. The monoisotopic (exact) mass is 340 g/mol. The maximum Gasteiger partial charge on any atom is 0.239 e. The molecule has 108 valence electrons. The third-order valence-corrected chi connectivity index (χ3v) is 3.74. The van der Waals surface area contributed by atoms with Crippen LogP contribution in [-0.4, -0.2) is 38.6 Å². The highest BCUT2D eigenvalue weighted by Crippen LogP contribution is 2.27. The fourth-order valence-corrected chi connectivity index (χ4v) is 2.61. The van der Waals surface area contributed by atoms with E-state index in [9.17, 15) is 9.59 Å². The lowest BCUT2D eigenvalue weighted by Gasteiger charge is -2.17. The van der Waals surface area contributed by atoms with Crippen LogP contribution in [0.15, 0.2) is 28.7 Å². The summed E-state index contributed by atoms with van der Waals surface area (Å²) in [6.45, 7) is 1.44. The largest absolute Gasteiger partial charge is 0.383 e. The molecule has 20 heavy (non-hydrogen) atoms. The van der Waals surface area contributed by atoms with Crippen LogP contribution in [0.25, 0.3) is 0 Å². The Balaban J connectivity index is 2.00. The molecule has 1 saturated heterocycles. The van der Waals surface area contributed by atoms with Gasteiger partial charge in [-0.3, -0.25) is 9.59 Å². The molecule has 1 aliphatic heterocycles. The van der Waals surface area contributed by atoms with Gasteiger partial charge in [-0.15, -0.1) is 0 Å². The Hall–Kier alpha value is -1.40. The Morgan fingerprint density at radius 1 is 1.55 bits per heavy atom. The van der Waals surface area contributed by atoms with Crippen LogP contribution in [0.4, 0.5) is 5.69 Å². The van der Waals surface area contributed by atoms with E-state index >= 15 is 0 Å². The number of ether oxygens (including phenoxy) is 1. The molecule has 1 aliphatic rings. The van der Waals surface area contributed by atoms with Crippen molar-refractivity contribution in [2.45, 2.75) is 6.42 Å². The third-order valence-electron chi connectivity index (χ3n) is 3.25. The van der Waals surface area contributed by atoms with E-state index in [1.807, 2.05) is 24.3 Å². The number of benzene rings is 1. The van der Waals surface area contributed by atoms with E-state index < -0.39 is 5.92 Å². The maximum absolute atomic E-state index is 12.3. The second-order valence-electron chi connectivity index (χ2n) is 4.59. The lowest BCUT2D eigenvalue weighted by atomic mass is 10.1. The first-order valence-electron chi connectivity index (χ1n) is 6.47. The number of hydrogen-bond donors (Lipinski definition) is 1. The van der Waals surface area contributed by atoms with Crippen LogP contribution in [0.2, 0.25) is 0 Å². The van der Waals surface area contributed by atoms with Crippen LogP contribution in [0.5, 0.6) is 0 Å². The average molecular weight is 341 g/mol. The van der Waals surface area contributed by atoms with Gasteiger partial charge in [0, 0.05) is 30.4 Å². The molecular weight excluding hydrogens is 324 g/mol. The molecule has 2 amide bonds. The molecule has 0 spiro atoms. The summed E-state index contributed by atoms with van der Waals surface area (Å²) < 4.78 is 5.78. The second-order valence-corrected chi connectivity index (χ2v) is 5.51. The van der Waals surface area contributed by atoms with Crippen LogP contribution in [0.1, 0.15) is 6.42 Å². The van der Waals surface area contributed by atoms with Crippen molar-refractivity contribution in [1.29, 1.82) is 0 Å². The first-order chi connectivity index (χ1) is 9.63. The maximum atomic E-state index is 12.3. The number of carbonyl (C=O) groups excluding carboxylic acids is 2. The second kappa shape index (κ2) is 6.85. The number of carbonyl (C=O) groups is 2. The smallest absolute Gasteiger partial charge is 0.239 e. The SMILES string of the molecule is COCCNC(=O)C1CCN(c2cccc(Br)c2)C1=O. The Morgan fingerprint density at radius 2 is 2.35 bits per heavy atom. The zero-order valence-corrected chi connectivity index (χ0v) is 12.9. The van der Waals surface area contributed by atoms with Crippen LogP contribution < -0.4 is 10.2 Å². The molecule has 0 radical (unpaired) electrons. The fraction of sp³-hybridized carbons (Fsp3) is 0.429. The fourth-order valence-electron chi connectivity index (χ4n) is 2.22. The Morgan fingerprint density at radius 3 is 3.05 bits per heavy atom. The topological polar surface area (TPSA) is 58.6 Å². The van der Waals surface area contributed by atoms with Crippen molar-refractivity contribution in [3.05, 3.63) is 28.7 Å². The molecule has 1 heterocycles. The van der Waals surface area contributed by atoms with E-state index in [1.54, 1.807) is 12.0 Å². The summed E-state index contributed by atoms with van der Waals surface area (Å²) in [6.07, 6.45) is 0.546. The number of methoxy groups -OCH3 is 1. The molecule has 6 heteroatoms. The van der Waals surface area contributed by atoms with E-state index in [1.165, 1.54) is 0 Å². The van der Waals surface area contributed by atoms with Crippen molar-refractivity contribution in [3.8, 4) is 0 Å². The molecule has 0 aromatic heterocycles. The average Bonchev–Trinajstić information content (AvgIpc) is 2.81. The molecule has 1 atom stereocenters. The van der Waals surface area contributed by atoms with Gasteiger partial charge in [0.15, 0.2) is 0 Å². The lowest BCUT2D eigenvalue weighted by Crippen LogP contribution is -2.38. The minimum absolute atomic E-state index is 0.141. The number of anilines is 1. The van der Waals surface area contributed by atoms with Crippen LogP contribution in [0, 0.1) is 5.92 Å². The van der Waals surface area contributed by atoms with E-state index in [2.05, 4.69) is 21.2 Å². The molecule has 5 nitrogen and oxygen atoms in total. The van der Waals surface area contributed by atoms with Crippen LogP contribution in [-0.2, 0) is 14.3 Å². The van der Waals surface area contributed by atoms with Gasteiger partial charge in [-0.25, -0.2) is 0 Å². The van der Waals surface area contributed by atoms with Crippen LogP contribution in [0.3, 0.4) is 0 Å². The molecule has 1 aromatic rings. The minimum Gasteiger partial charge on any atom is -0.383 e. The van der Waals surface area contributed by atoms with Gasteiger partial charge in [0.1, 0.15) is 5.92 Å². The highest BCUT2D eigenvalue weighted by molar-refractivity contribution is 9.10. The highest BCUT2D eigenvalue weighted by Gasteiger charge is 2.37. The highest BCUT2D eigenvalue weighted by atomic mass is 79.9. The Kier molecular flexibility index (Phi) is 5.14. The summed E-state index contributed by atoms with van der Waals surface area (Å²) in [5, 5.41) is 2.72. The Labute approximate surface area is 126 Å². The van der Waals surface area contributed by atoms with Crippen molar-refractivity contribution >= 4 is 33.4 Å². The van der Waals surface area contributed by atoms with Gasteiger partial charge in [0.2, 0.25) is 11.8 Å². The van der Waals surface area contributed by atoms with Crippen molar-refractivity contribution in [2.75, 3.05) is 31.7 Å². The predicted molar refractivity (Wildman–Crippen MR) is 79.5 cm³/mol. The van der Waals surface area contributed by atoms with E-state index in [4.69, 9.17) is 4.74 Å². The van der Waals surface area contributed by atoms with Gasteiger partial charge in [-0.1, -0.05) is 22.0 Å². The molecular formula is C14H17BrN2O3. The quantitative estimate of drug-likeness (QED) is 0.653. The lowest BCUT2D eigenvalue weighted by molar-refractivity contribution is -0.132. The summed E-state index contributed by atoms with van der Waals surface area (Å²) >= 11 is 3.38. The molecule has 1 fully saturated rings. The van der Waals surface area contributed by atoms with Crippen molar-refractivity contribution in [3.63, 3.8) is 0 Å². The van der Waals surface area contributed by atoms with Gasteiger partial charge in [0.25, 0.3) is 0 Å². The molecule has 0 saturated carbocycles. The van der Waals surface area contributed by atoms with Crippen molar-refractivity contribution in [1.82, 2.24) is 5.32 Å². The van der Waals surface area contributed by atoms with Gasteiger partial charge in [-0.2, -0.15) is 0 Å². The summed E-state index contributed by atoms with van der Waals surface area (Å²) in [7, 11) is 1.57. The number of amides is 2. The predicted octanol–water partition coefficient (Wildman–Crippen LogP) is 1.56. The first-order valence-corrected chi connectivity index (χ1v) is 7.26. The van der Waals surface area contributed by atoms with Crippen molar-refractivity contribution < 1.29 is 14.3 Å². The molecule has 2 rings (SSSR count). The van der Waals surface area contributed by atoms with Gasteiger partial charge in [-0.05, 0) is 24.6 Å². The molecule has 1 aromatic carbocycles. The number of nitrogens with one attached hydrogen (secondary N) is 1. The molecule has 1 N–H and O–H groups in total. The van der Waals surface area contributed by atoms with E-state index in [0.29, 0.717) is 26.1 Å². The van der Waals surface area contributed by atoms with Gasteiger partial charge < -0.3 is 15.0 Å². The van der Waals surface area contributed by atoms with Crippen LogP contribution >= 0.6 is 15.9 Å². The molecule has 0 bridgehead atoms. The number of nitrogens with zero attached hydrogens (tertiary/aromatic N) is 1. The van der Waals surface area contributed by atoms with Gasteiger partial charge in [0.05, 0.1) is 6.61 Å². The normalized spacial score (nSPS) is 18.4. The van der Waals surface area contributed by atoms with Gasteiger partial charge >= 0.3 is 0 Å². The Bertz CT molecular complexity index is 507. The summed E-state index contributed by atoms with van der Waals surface area (Å²) in [5.74, 6) is -0.951. The standard InChI is InChI=1S/C14H17BrN2O3/c1-20-8-6-16-13(18)12-5-7-17(14(12)19)11-4-2-3-10(15)9-11/h2-4,9,12H,5-8H2,1H3,(H,16,18). The number of hydrogen-bond acceptors (Lipinski definition) is 3. The van der Waals surface area contributed by atoms with E-state index in [-0.39, 0.29) is 11.8 Å². The first kappa shape index (κ1) is 15.0. The summed E-state index contributed by atoms with van der Waals surface area (Å²) in [6, 6.07) is 7.52. The minimum atomic E-state index is -0.592. The number of rotatable bonds is 5. The zero-order chi connectivity index (χ0) is 14.5. The number of halogens is 1. The van der Waals surface area contributed by atoms with E-state index in [0.717, 1.165) is 10.2 Å². The zero-order valence-electron chi connectivity index (χ0n) is 11.3. The van der Waals surface area contributed by atoms with Crippen molar-refractivity contribution in [2.24, 2.45) is 5.92 Å². The molecule has 1 unspecified atom stereocenters. The third kappa shape index (κ3) is 3.37. The summed E-state index contributed by atoms with van der Waals surface area (Å²) in [4.78, 5) is 25.9. The molecule has 0 aliphatic carbocycles.